The first-order valence-corrected chi connectivity index (χ1v) is 9.54. The third-order valence-corrected chi connectivity index (χ3v) is 5.12. The van der Waals surface area contributed by atoms with Gasteiger partial charge in [0.25, 0.3) is 11.6 Å². The highest BCUT2D eigenvalue weighted by molar-refractivity contribution is 6.30. The molecule has 0 aliphatic carbocycles. The lowest BCUT2D eigenvalue weighted by molar-refractivity contribution is -0.384. The maximum atomic E-state index is 12.6. The Morgan fingerprint density at radius 2 is 1.86 bits per heavy atom. The molecule has 2 aromatic carbocycles. The minimum Gasteiger partial charge on any atom is -0.367 e. The minimum atomic E-state index is -0.525. The fourth-order valence-electron chi connectivity index (χ4n) is 3.36. The minimum absolute atomic E-state index is 0.0159. The summed E-state index contributed by atoms with van der Waals surface area (Å²) in [6.07, 6.45) is 0.279. The van der Waals surface area contributed by atoms with E-state index in [4.69, 9.17) is 11.6 Å². The first-order valence-electron chi connectivity index (χ1n) is 9.16. The zero-order chi connectivity index (χ0) is 21.0. The van der Waals surface area contributed by atoms with Crippen LogP contribution in [0.1, 0.15) is 15.9 Å². The molecular formula is C20H21ClN4O4. The lowest BCUT2D eigenvalue weighted by atomic mass is 10.1. The summed E-state index contributed by atoms with van der Waals surface area (Å²) in [4.78, 5) is 39.1. The van der Waals surface area contributed by atoms with Crippen LogP contribution in [0.4, 0.5) is 11.4 Å². The molecule has 0 aromatic heterocycles. The highest BCUT2D eigenvalue weighted by Gasteiger charge is 2.25. The Morgan fingerprint density at radius 1 is 1.14 bits per heavy atom. The second kappa shape index (κ2) is 8.91. The van der Waals surface area contributed by atoms with Gasteiger partial charge in [-0.2, -0.15) is 0 Å². The number of amides is 2. The van der Waals surface area contributed by atoms with Crippen molar-refractivity contribution in [1.82, 2.24) is 10.2 Å². The number of nitrogens with one attached hydrogen (secondary N) is 1. The Morgan fingerprint density at radius 3 is 2.48 bits per heavy atom. The van der Waals surface area contributed by atoms with Crippen LogP contribution in [0.3, 0.4) is 0 Å². The molecule has 2 amide bonds. The van der Waals surface area contributed by atoms with E-state index in [9.17, 15) is 19.7 Å². The van der Waals surface area contributed by atoms with Crippen molar-refractivity contribution in [2.24, 2.45) is 0 Å². The van der Waals surface area contributed by atoms with Gasteiger partial charge in [-0.3, -0.25) is 19.7 Å². The molecule has 0 spiro atoms. The van der Waals surface area contributed by atoms with Crippen LogP contribution in [0, 0.1) is 10.1 Å². The van der Waals surface area contributed by atoms with Gasteiger partial charge in [0.1, 0.15) is 0 Å². The molecule has 0 atom stereocenters. The molecule has 8 nitrogen and oxygen atoms in total. The number of nitrogens with zero attached hydrogens (tertiary/aromatic N) is 3. The van der Waals surface area contributed by atoms with E-state index >= 15 is 0 Å². The normalized spacial score (nSPS) is 13.9. The van der Waals surface area contributed by atoms with E-state index in [1.165, 1.54) is 19.2 Å². The lowest BCUT2D eigenvalue weighted by Gasteiger charge is -2.36. The molecule has 2 aromatic rings. The average Bonchev–Trinajstić information content (AvgIpc) is 2.72. The van der Waals surface area contributed by atoms with E-state index in [0.29, 0.717) is 36.9 Å². The summed E-state index contributed by atoms with van der Waals surface area (Å²) in [7, 11) is 1.48. The first kappa shape index (κ1) is 20.6. The van der Waals surface area contributed by atoms with Crippen LogP contribution in [-0.2, 0) is 11.2 Å². The molecule has 29 heavy (non-hydrogen) atoms. The Balaban J connectivity index is 1.69. The van der Waals surface area contributed by atoms with Gasteiger partial charge in [0.15, 0.2) is 0 Å². The van der Waals surface area contributed by atoms with Crippen LogP contribution in [-0.4, -0.2) is 54.9 Å². The van der Waals surface area contributed by atoms with Gasteiger partial charge < -0.3 is 15.1 Å². The van der Waals surface area contributed by atoms with E-state index < -0.39 is 4.92 Å². The number of non-ortho nitro benzene ring substituents is 1. The maximum Gasteiger partial charge on any atom is 0.270 e. The molecule has 1 aliphatic heterocycles. The van der Waals surface area contributed by atoms with Crippen molar-refractivity contribution in [1.29, 1.82) is 0 Å². The maximum absolute atomic E-state index is 12.6. The Kier molecular flexibility index (Phi) is 6.33. The zero-order valence-corrected chi connectivity index (χ0v) is 16.7. The van der Waals surface area contributed by atoms with Gasteiger partial charge in [-0.1, -0.05) is 23.7 Å². The quantitative estimate of drug-likeness (QED) is 0.596. The number of anilines is 1. The number of rotatable bonds is 5. The molecule has 1 N–H and O–H groups in total. The molecule has 1 fully saturated rings. The van der Waals surface area contributed by atoms with Crippen LogP contribution in [0.2, 0.25) is 5.02 Å². The Labute approximate surface area is 173 Å². The number of nitro groups is 1. The van der Waals surface area contributed by atoms with Crippen molar-refractivity contribution in [3.8, 4) is 0 Å². The number of benzene rings is 2. The Hall–Kier alpha value is -3.13. The summed E-state index contributed by atoms with van der Waals surface area (Å²) in [6, 6.07) is 11.5. The highest BCUT2D eigenvalue weighted by Crippen LogP contribution is 2.27. The van der Waals surface area contributed by atoms with Crippen LogP contribution in [0.25, 0.3) is 0 Å². The van der Waals surface area contributed by atoms with Gasteiger partial charge in [0.2, 0.25) is 5.91 Å². The van der Waals surface area contributed by atoms with Gasteiger partial charge in [0.05, 0.1) is 22.6 Å². The second-order valence-corrected chi connectivity index (χ2v) is 7.15. The monoisotopic (exact) mass is 416 g/mol. The van der Waals surface area contributed by atoms with E-state index in [2.05, 4.69) is 5.32 Å². The molecule has 0 bridgehead atoms. The second-order valence-electron chi connectivity index (χ2n) is 6.71. The summed E-state index contributed by atoms with van der Waals surface area (Å²) in [5.74, 6) is -0.370. The number of hydrogen-bond donors (Lipinski definition) is 1. The van der Waals surface area contributed by atoms with E-state index in [-0.39, 0.29) is 29.5 Å². The molecule has 3 rings (SSSR count). The number of carbonyl (C=O) groups excluding carboxylic acids is 2. The molecule has 1 heterocycles. The number of halogens is 1. The summed E-state index contributed by atoms with van der Waals surface area (Å²) in [5, 5.41) is 14.2. The molecule has 1 aliphatic rings. The van der Waals surface area contributed by atoms with E-state index in [1.807, 2.05) is 17.0 Å². The smallest absolute Gasteiger partial charge is 0.270 e. The van der Waals surface area contributed by atoms with Crippen molar-refractivity contribution < 1.29 is 14.5 Å². The van der Waals surface area contributed by atoms with Crippen molar-refractivity contribution in [2.45, 2.75) is 6.42 Å². The fourth-order valence-corrected chi connectivity index (χ4v) is 3.57. The number of carbonyl (C=O) groups is 2. The fraction of sp³-hybridized carbons (Fsp3) is 0.300. The number of nitro benzene ring substituents is 1. The van der Waals surface area contributed by atoms with Gasteiger partial charge in [-0.05, 0) is 23.8 Å². The van der Waals surface area contributed by atoms with Crippen molar-refractivity contribution in [3.05, 3.63) is 68.7 Å². The summed E-state index contributed by atoms with van der Waals surface area (Å²) in [5.41, 5.74) is 1.60. The van der Waals surface area contributed by atoms with Gasteiger partial charge in [-0.25, -0.2) is 0 Å². The van der Waals surface area contributed by atoms with Gasteiger partial charge in [0, 0.05) is 50.4 Å². The largest absolute Gasteiger partial charge is 0.367 e. The SMILES string of the molecule is CNC(=O)c1cc([N+](=O)[O-])ccc1N1CCN(C(=O)Cc2cccc(Cl)c2)CC1. The standard InChI is InChI=1S/C20H21ClN4O4/c1-22-20(27)17-13-16(25(28)29)5-6-18(17)23-7-9-24(10-8-23)19(26)12-14-3-2-4-15(21)11-14/h2-6,11,13H,7-10,12H2,1H3,(H,22,27). The molecule has 0 radical (unpaired) electrons. The summed E-state index contributed by atoms with van der Waals surface area (Å²) in [6.45, 7) is 2.07. The van der Waals surface area contributed by atoms with E-state index in [1.54, 1.807) is 23.1 Å². The summed E-state index contributed by atoms with van der Waals surface area (Å²) < 4.78 is 0. The van der Waals surface area contributed by atoms with Crippen molar-refractivity contribution in [3.63, 3.8) is 0 Å². The highest BCUT2D eigenvalue weighted by atomic mass is 35.5. The molecule has 152 valence electrons. The molecule has 1 saturated heterocycles. The predicted molar refractivity (Wildman–Crippen MR) is 110 cm³/mol. The number of piperazine rings is 1. The van der Waals surface area contributed by atoms with Crippen molar-refractivity contribution >= 4 is 34.8 Å². The molecule has 0 unspecified atom stereocenters. The van der Waals surface area contributed by atoms with Gasteiger partial charge >= 0.3 is 0 Å². The van der Waals surface area contributed by atoms with E-state index in [0.717, 1.165) is 5.56 Å². The predicted octanol–water partition coefficient (Wildman–Crippen LogP) is 2.50. The zero-order valence-electron chi connectivity index (χ0n) is 15.9. The molecular weight excluding hydrogens is 396 g/mol. The van der Waals surface area contributed by atoms with Gasteiger partial charge in [-0.15, -0.1) is 0 Å². The van der Waals surface area contributed by atoms with Crippen LogP contribution in [0.15, 0.2) is 42.5 Å². The first-order chi connectivity index (χ1) is 13.9. The number of hydrogen-bond acceptors (Lipinski definition) is 5. The average molecular weight is 417 g/mol. The Bertz CT molecular complexity index is 942. The molecule has 0 saturated carbocycles. The third kappa shape index (κ3) is 4.83. The molecule has 9 heteroatoms. The van der Waals surface area contributed by atoms with Crippen LogP contribution < -0.4 is 10.2 Å². The van der Waals surface area contributed by atoms with Crippen LogP contribution >= 0.6 is 11.6 Å². The topological polar surface area (TPSA) is 95.8 Å². The summed E-state index contributed by atoms with van der Waals surface area (Å²) >= 11 is 5.98. The third-order valence-electron chi connectivity index (χ3n) is 4.88. The van der Waals surface area contributed by atoms with Crippen LogP contribution in [0.5, 0.6) is 0 Å². The van der Waals surface area contributed by atoms with Crippen molar-refractivity contribution in [2.75, 3.05) is 38.1 Å². The lowest BCUT2D eigenvalue weighted by Crippen LogP contribution is -2.49.